The smallest absolute Gasteiger partial charge is 0.328 e. The normalized spacial score (nSPS) is 11.0. The van der Waals surface area contributed by atoms with Gasteiger partial charge >= 0.3 is 5.97 Å². The highest BCUT2D eigenvalue weighted by Gasteiger charge is 2.11. The van der Waals surface area contributed by atoms with Gasteiger partial charge in [0.1, 0.15) is 5.69 Å². The molecule has 3 rings (SSSR count). The first-order valence-corrected chi connectivity index (χ1v) is 6.92. The standard InChI is InChI=1S/C16H12N4O4/c21-14(5-6-15(22)23)19-20-16(24)12-7-10-9-3-1-2-4-11(9)18-13(10)8-17-12/h1-8,18H,(H,19,21)(H,20,24)(H,22,23)/b6-5+. The number of carbonyl (C=O) groups is 3. The molecule has 0 fully saturated rings. The molecule has 0 aliphatic rings. The first-order chi connectivity index (χ1) is 11.5. The number of pyridine rings is 1. The molecule has 2 aromatic heterocycles. The first-order valence-electron chi connectivity index (χ1n) is 6.92. The number of aliphatic carboxylic acids is 1. The van der Waals surface area contributed by atoms with Gasteiger partial charge in [-0.15, -0.1) is 0 Å². The molecular formula is C16H12N4O4. The summed E-state index contributed by atoms with van der Waals surface area (Å²) in [6, 6.07) is 9.25. The van der Waals surface area contributed by atoms with Crippen molar-refractivity contribution in [2.45, 2.75) is 0 Å². The minimum Gasteiger partial charge on any atom is -0.478 e. The molecule has 120 valence electrons. The second-order valence-electron chi connectivity index (χ2n) is 4.90. The maximum Gasteiger partial charge on any atom is 0.328 e. The van der Waals surface area contributed by atoms with Gasteiger partial charge in [0.05, 0.1) is 11.7 Å². The molecule has 0 radical (unpaired) electrons. The number of para-hydroxylation sites is 1. The number of carboxylic acids is 1. The molecule has 2 amide bonds. The topological polar surface area (TPSA) is 124 Å². The van der Waals surface area contributed by atoms with Crippen molar-refractivity contribution in [3.8, 4) is 0 Å². The van der Waals surface area contributed by atoms with Crippen LogP contribution in [0.3, 0.4) is 0 Å². The summed E-state index contributed by atoms with van der Waals surface area (Å²) in [5.74, 6) is -2.64. The Morgan fingerprint density at radius 3 is 2.62 bits per heavy atom. The van der Waals surface area contributed by atoms with Gasteiger partial charge in [-0.05, 0) is 12.1 Å². The molecule has 0 unspecified atom stereocenters. The Hall–Kier alpha value is -3.68. The summed E-state index contributed by atoms with van der Waals surface area (Å²) in [5, 5.41) is 10.2. The molecule has 8 nitrogen and oxygen atoms in total. The van der Waals surface area contributed by atoms with Gasteiger partial charge in [0.25, 0.3) is 11.8 Å². The maximum absolute atomic E-state index is 12.0. The zero-order valence-corrected chi connectivity index (χ0v) is 12.2. The van der Waals surface area contributed by atoms with E-state index < -0.39 is 17.8 Å². The van der Waals surface area contributed by atoms with Crippen molar-refractivity contribution in [3.63, 3.8) is 0 Å². The van der Waals surface area contributed by atoms with Crippen LogP contribution < -0.4 is 10.9 Å². The van der Waals surface area contributed by atoms with Gasteiger partial charge in [-0.1, -0.05) is 18.2 Å². The van der Waals surface area contributed by atoms with E-state index in [1.54, 1.807) is 6.07 Å². The Bertz CT molecular complexity index is 990. The van der Waals surface area contributed by atoms with Crippen molar-refractivity contribution >= 4 is 39.6 Å². The molecule has 3 aromatic rings. The van der Waals surface area contributed by atoms with E-state index in [2.05, 4.69) is 20.8 Å². The molecule has 1 aromatic carbocycles. The van der Waals surface area contributed by atoms with Crippen LogP contribution in [0.2, 0.25) is 0 Å². The van der Waals surface area contributed by atoms with Gasteiger partial charge in [-0.3, -0.25) is 20.4 Å². The molecule has 0 atom stereocenters. The van der Waals surface area contributed by atoms with E-state index >= 15 is 0 Å². The maximum atomic E-state index is 12.0. The molecular weight excluding hydrogens is 312 g/mol. The molecule has 2 heterocycles. The molecule has 24 heavy (non-hydrogen) atoms. The van der Waals surface area contributed by atoms with Gasteiger partial charge in [-0.25, -0.2) is 9.78 Å². The molecule has 0 aliphatic heterocycles. The first kappa shape index (κ1) is 15.2. The van der Waals surface area contributed by atoms with E-state index in [9.17, 15) is 14.4 Å². The van der Waals surface area contributed by atoms with Crippen LogP contribution in [0, 0.1) is 0 Å². The summed E-state index contributed by atoms with van der Waals surface area (Å²) in [6.45, 7) is 0. The zero-order valence-electron chi connectivity index (χ0n) is 12.2. The monoisotopic (exact) mass is 324 g/mol. The van der Waals surface area contributed by atoms with Gasteiger partial charge < -0.3 is 10.1 Å². The second-order valence-corrected chi connectivity index (χ2v) is 4.90. The summed E-state index contributed by atoms with van der Waals surface area (Å²) < 4.78 is 0. The number of fused-ring (bicyclic) bond motifs is 3. The molecule has 4 N–H and O–H groups in total. The van der Waals surface area contributed by atoms with Crippen LogP contribution in [0.25, 0.3) is 21.8 Å². The van der Waals surface area contributed by atoms with Crippen LogP contribution in [0.1, 0.15) is 10.5 Å². The SMILES string of the molecule is O=C(O)/C=C/C(=O)NNC(=O)c1cc2c(cn1)[nH]c1ccccc12. The zero-order chi connectivity index (χ0) is 17.1. The lowest BCUT2D eigenvalue weighted by molar-refractivity contribution is -0.131. The van der Waals surface area contributed by atoms with Crippen LogP contribution in [-0.4, -0.2) is 32.9 Å². The highest BCUT2D eigenvalue weighted by Crippen LogP contribution is 2.24. The molecule has 8 heteroatoms. The number of aromatic amines is 1. The van der Waals surface area contributed by atoms with E-state index in [4.69, 9.17) is 5.11 Å². The van der Waals surface area contributed by atoms with Crippen LogP contribution >= 0.6 is 0 Å². The van der Waals surface area contributed by atoms with Gasteiger partial charge in [-0.2, -0.15) is 0 Å². The van der Waals surface area contributed by atoms with Crippen molar-refractivity contribution in [2.24, 2.45) is 0 Å². The summed E-state index contributed by atoms with van der Waals surface area (Å²) in [4.78, 5) is 40.9. The fourth-order valence-corrected chi connectivity index (χ4v) is 2.25. The predicted octanol–water partition coefficient (Wildman–Crippen LogP) is 1.12. The fraction of sp³-hybridized carbons (Fsp3) is 0. The van der Waals surface area contributed by atoms with E-state index in [0.717, 1.165) is 27.9 Å². The summed E-state index contributed by atoms with van der Waals surface area (Å²) in [5.41, 5.74) is 6.09. The molecule has 0 bridgehead atoms. The average molecular weight is 324 g/mol. The Morgan fingerprint density at radius 1 is 1.04 bits per heavy atom. The van der Waals surface area contributed by atoms with E-state index in [0.29, 0.717) is 6.08 Å². The number of hydrazine groups is 1. The summed E-state index contributed by atoms with van der Waals surface area (Å²) >= 11 is 0. The summed E-state index contributed by atoms with van der Waals surface area (Å²) in [6.07, 6.45) is 2.99. The molecule has 0 spiro atoms. The lowest BCUT2D eigenvalue weighted by atomic mass is 10.1. The predicted molar refractivity (Wildman–Crippen MR) is 86.0 cm³/mol. The Balaban J connectivity index is 1.79. The Morgan fingerprint density at radius 2 is 1.83 bits per heavy atom. The number of H-pyrrole nitrogens is 1. The number of rotatable bonds is 3. The number of hydrogen-bond donors (Lipinski definition) is 4. The van der Waals surface area contributed by atoms with Gasteiger partial charge in [0, 0.05) is 28.4 Å². The number of hydrogen-bond acceptors (Lipinski definition) is 4. The minimum absolute atomic E-state index is 0.120. The fourth-order valence-electron chi connectivity index (χ4n) is 2.25. The number of nitrogens with zero attached hydrogens (tertiary/aromatic N) is 1. The number of benzene rings is 1. The third kappa shape index (κ3) is 3.07. The lowest BCUT2D eigenvalue weighted by Gasteiger charge is -2.04. The summed E-state index contributed by atoms with van der Waals surface area (Å²) in [7, 11) is 0. The number of carboxylic acid groups (broad SMARTS) is 1. The van der Waals surface area contributed by atoms with Crippen molar-refractivity contribution in [1.82, 2.24) is 20.8 Å². The largest absolute Gasteiger partial charge is 0.478 e. The van der Waals surface area contributed by atoms with E-state index in [1.807, 2.05) is 24.3 Å². The third-order valence-corrected chi connectivity index (χ3v) is 3.30. The van der Waals surface area contributed by atoms with E-state index in [-0.39, 0.29) is 5.69 Å². The van der Waals surface area contributed by atoms with Crippen LogP contribution in [0.15, 0.2) is 48.7 Å². The molecule has 0 aliphatic carbocycles. The third-order valence-electron chi connectivity index (χ3n) is 3.30. The van der Waals surface area contributed by atoms with Gasteiger partial charge in [0.15, 0.2) is 0 Å². The highest BCUT2D eigenvalue weighted by molar-refractivity contribution is 6.09. The second kappa shape index (κ2) is 6.21. The van der Waals surface area contributed by atoms with Crippen molar-refractivity contribution < 1.29 is 19.5 Å². The van der Waals surface area contributed by atoms with Gasteiger partial charge in [0.2, 0.25) is 0 Å². The van der Waals surface area contributed by atoms with Crippen LogP contribution in [0.4, 0.5) is 0 Å². The lowest BCUT2D eigenvalue weighted by Crippen LogP contribution is -2.41. The average Bonchev–Trinajstić information content (AvgIpc) is 2.95. The highest BCUT2D eigenvalue weighted by atomic mass is 16.4. The molecule has 0 saturated heterocycles. The van der Waals surface area contributed by atoms with Crippen LogP contribution in [0.5, 0.6) is 0 Å². The Kier molecular flexibility index (Phi) is 3.94. The van der Waals surface area contributed by atoms with Crippen molar-refractivity contribution in [1.29, 1.82) is 0 Å². The quantitative estimate of drug-likeness (QED) is 0.424. The number of nitrogens with one attached hydrogen (secondary N) is 3. The van der Waals surface area contributed by atoms with Crippen LogP contribution in [-0.2, 0) is 9.59 Å². The number of amides is 2. The van der Waals surface area contributed by atoms with E-state index in [1.165, 1.54) is 6.20 Å². The minimum atomic E-state index is -1.26. The Labute approximate surface area is 135 Å². The number of aromatic nitrogens is 2. The number of carbonyl (C=O) groups excluding carboxylic acids is 2. The molecule has 0 saturated carbocycles. The van der Waals surface area contributed by atoms with Crippen molar-refractivity contribution in [3.05, 3.63) is 54.4 Å². The van der Waals surface area contributed by atoms with Crippen molar-refractivity contribution in [2.75, 3.05) is 0 Å².